The van der Waals surface area contributed by atoms with Crippen molar-refractivity contribution in [1.29, 1.82) is 0 Å². The molecule has 1 heterocycles. The number of hydrogen-bond acceptors (Lipinski definition) is 7. The average molecular weight is 495 g/mol. The Morgan fingerprint density at radius 2 is 1.88 bits per heavy atom. The fraction of sp³-hybridized carbons (Fsp3) is 0.333. The Balaban J connectivity index is 1.55. The van der Waals surface area contributed by atoms with E-state index >= 15 is 0 Å². The number of sulfonamides is 1. The summed E-state index contributed by atoms with van der Waals surface area (Å²) in [5.41, 5.74) is 3.84. The summed E-state index contributed by atoms with van der Waals surface area (Å²) in [6.07, 6.45) is 0.526. The molecule has 176 valence electrons. The average Bonchev–Trinajstić information content (AvgIpc) is 2.82. The van der Waals surface area contributed by atoms with Crippen LogP contribution in [-0.4, -0.2) is 55.6 Å². The molecule has 10 nitrogen and oxygen atoms in total. The number of hydrogen-bond donors (Lipinski definition) is 1. The number of carbonyl (C=O) groups excluding carboxylic acids is 1. The van der Waals surface area contributed by atoms with Crippen molar-refractivity contribution in [2.24, 2.45) is 5.10 Å². The van der Waals surface area contributed by atoms with Gasteiger partial charge >= 0.3 is 0 Å². The summed E-state index contributed by atoms with van der Waals surface area (Å²) >= 11 is 5.80. The summed E-state index contributed by atoms with van der Waals surface area (Å²) in [7, 11) is -3.56. The largest absolute Gasteiger partial charge is 0.379 e. The van der Waals surface area contributed by atoms with Crippen LogP contribution in [0.3, 0.4) is 0 Å². The van der Waals surface area contributed by atoms with E-state index in [4.69, 9.17) is 16.3 Å². The minimum Gasteiger partial charge on any atom is -0.379 e. The first-order valence-electron chi connectivity index (χ1n) is 10.1. The minimum absolute atomic E-state index is 0.0179. The van der Waals surface area contributed by atoms with Gasteiger partial charge in [0.2, 0.25) is 15.9 Å². The lowest BCUT2D eigenvalue weighted by Gasteiger charge is -2.26. The molecule has 1 N–H and O–H groups in total. The van der Waals surface area contributed by atoms with Gasteiger partial charge in [0.25, 0.3) is 5.69 Å². The number of rotatable bonds is 8. The Labute approximate surface area is 196 Å². The molecule has 3 rings (SSSR count). The van der Waals surface area contributed by atoms with E-state index < -0.39 is 14.9 Å². The molecule has 2 aromatic rings. The Morgan fingerprint density at radius 1 is 1.21 bits per heavy atom. The summed E-state index contributed by atoms with van der Waals surface area (Å²) in [5.74, 6) is -0.345. The normalized spacial score (nSPS) is 15.3. The highest BCUT2D eigenvalue weighted by Crippen LogP contribution is 2.25. The predicted octanol–water partition coefficient (Wildman–Crippen LogP) is 2.74. The van der Waals surface area contributed by atoms with Gasteiger partial charge in [0.05, 0.1) is 28.7 Å². The Hall–Kier alpha value is -2.86. The van der Waals surface area contributed by atoms with E-state index in [0.717, 1.165) is 5.56 Å². The lowest BCUT2D eigenvalue weighted by atomic mass is 10.1. The highest BCUT2D eigenvalue weighted by Gasteiger charge is 2.26. The number of hydrazone groups is 1. The lowest BCUT2D eigenvalue weighted by Crippen LogP contribution is -2.40. The molecule has 1 amide bonds. The van der Waals surface area contributed by atoms with Crippen LogP contribution in [0.1, 0.15) is 24.5 Å². The van der Waals surface area contributed by atoms with Crippen molar-refractivity contribution in [3.63, 3.8) is 0 Å². The van der Waals surface area contributed by atoms with E-state index in [1.807, 2.05) is 0 Å². The molecule has 0 atom stereocenters. The molecule has 0 aliphatic carbocycles. The third kappa shape index (κ3) is 6.35. The first kappa shape index (κ1) is 24.8. The topological polar surface area (TPSA) is 131 Å². The Morgan fingerprint density at radius 3 is 2.52 bits per heavy atom. The number of halogens is 1. The van der Waals surface area contributed by atoms with Gasteiger partial charge in [0.1, 0.15) is 5.02 Å². The van der Waals surface area contributed by atoms with Gasteiger partial charge in [-0.2, -0.15) is 9.41 Å². The number of morpholine rings is 1. The third-order valence-electron chi connectivity index (χ3n) is 5.08. The summed E-state index contributed by atoms with van der Waals surface area (Å²) in [4.78, 5) is 22.8. The molecule has 1 saturated heterocycles. The van der Waals surface area contributed by atoms with Crippen LogP contribution < -0.4 is 5.43 Å². The number of benzene rings is 2. The molecule has 0 bridgehead atoms. The van der Waals surface area contributed by atoms with E-state index in [1.54, 1.807) is 25.1 Å². The van der Waals surface area contributed by atoms with Crippen molar-refractivity contribution >= 4 is 38.9 Å². The van der Waals surface area contributed by atoms with Crippen LogP contribution in [-0.2, 0) is 26.0 Å². The highest BCUT2D eigenvalue weighted by molar-refractivity contribution is 7.89. The van der Waals surface area contributed by atoms with Crippen LogP contribution >= 0.6 is 11.6 Å². The molecule has 1 aliphatic heterocycles. The van der Waals surface area contributed by atoms with E-state index in [1.165, 1.54) is 28.6 Å². The SMILES string of the molecule is C/C(=N\NC(=O)CCc1ccc(S(=O)(=O)N2CCOCC2)cc1)c1ccc(Cl)c([N+](=O)[O-])c1. The monoisotopic (exact) mass is 494 g/mol. The van der Waals surface area contributed by atoms with Crippen LogP contribution in [0.5, 0.6) is 0 Å². The first-order valence-corrected chi connectivity index (χ1v) is 11.9. The predicted molar refractivity (Wildman–Crippen MR) is 123 cm³/mol. The quantitative estimate of drug-likeness (QED) is 0.341. The molecule has 0 aromatic heterocycles. The molecular weight excluding hydrogens is 472 g/mol. The second-order valence-corrected chi connectivity index (χ2v) is 9.66. The zero-order chi connectivity index (χ0) is 24.0. The molecule has 0 spiro atoms. The van der Waals surface area contributed by atoms with Crippen molar-refractivity contribution in [3.05, 3.63) is 68.7 Å². The van der Waals surface area contributed by atoms with Gasteiger partial charge in [-0.1, -0.05) is 29.8 Å². The van der Waals surface area contributed by atoms with Crippen LogP contribution in [0, 0.1) is 10.1 Å². The van der Waals surface area contributed by atoms with Crippen LogP contribution in [0.15, 0.2) is 52.5 Å². The van der Waals surface area contributed by atoms with E-state index in [0.29, 0.717) is 44.0 Å². The van der Waals surface area contributed by atoms with E-state index in [-0.39, 0.29) is 27.9 Å². The van der Waals surface area contributed by atoms with Gasteiger partial charge in [-0.05, 0) is 37.1 Å². The maximum atomic E-state index is 12.7. The third-order valence-corrected chi connectivity index (χ3v) is 7.31. The molecule has 12 heteroatoms. The van der Waals surface area contributed by atoms with Crippen LogP contribution in [0.2, 0.25) is 5.02 Å². The molecule has 2 aromatic carbocycles. The fourth-order valence-electron chi connectivity index (χ4n) is 3.17. The first-order chi connectivity index (χ1) is 15.7. The van der Waals surface area contributed by atoms with Crippen molar-refractivity contribution < 1.29 is 22.9 Å². The minimum atomic E-state index is -3.56. The smallest absolute Gasteiger partial charge is 0.288 e. The molecule has 33 heavy (non-hydrogen) atoms. The molecule has 0 saturated carbocycles. The second-order valence-electron chi connectivity index (χ2n) is 7.32. The van der Waals surface area contributed by atoms with Gasteiger partial charge in [-0.3, -0.25) is 14.9 Å². The van der Waals surface area contributed by atoms with Gasteiger partial charge in [-0.25, -0.2) is 13.8 Å². The van der Waals surface area contributed by atoms with Crippen LogP contribution in [0.4, 0.5) is 5.69 Å². The number of nitrogens with zero attached hydrogens (tertiary/aromatic N) is 3. The maximum absolute atomic E-state index is 12.7. The van der Waals surface area contributed by atoms with Crippen molar-refractivity contribution in [2.45, 2.75) is 24.7 Å². The number of nitro groups is 1. The summed E-state index contributed by atoms with van der Waals surface area (Å²) < 4.78 is 31.9. The second kappa shape index (κ2) is 10.8. The highest BCUT2D eigenvalue weighted by atomic mass is 35.5. The number of amides is 1. The number of nitrogens with one attached hydrogen (secondary N) is 1. The molecule has 0 radical (unpaired) electrons. The summed E-state index contributed by atoms with van der Waals surface area (Å²) in [6, 6.07) is 10.7. The van der Waals surface area contributed by atoms with Crippen molar-refractivity contribution in [2.75, 3.05) is 26.3 Å². The van der Waals surface area contributed by atoms with Gasteiger partial charge < -0.3 is 4.74 Å². The zero-order valence-electron chi connectivity index (χ0n) is 17.9. The number of carbonyl (C=O) groups is 1. The lowest BCUT2D eigenvalue weighted by molar-refractivity contribution is -0.384. The molecule has 1 fully saturated rings. The fourth-order valence-corrected chi connectivity index (χ4v) is 4.76. The van der Waals surface area contributed by atoms with Crippen molar-refractivity contribution in [3.8, 4) is 0 Å². The van der Waals surface area contributed by atoms with Gasteiger partial charge in [-0.15, -0.1) is 0 Å². The summed E-state index contributed by atoms with van der Waals surface area (Å²) in [6.45, 7) is 3.02. The van der Waals surface area contributed by atoms with Gasteiger partial charge in [0, 0.05) is 31.1 Å². The summed E-state index contributed by atoms with van der Waals surface area (Å²) in [5, 5.41) is 15.0. The van der Waals surface area contributed by atoms with Gasteiger partial charge in [0.15, 0.2) is 0 Å². The number of ether oxygens (including phenoxy) is 1. The number of nitro benzene ring substituents is 1. The molecule has 0 unspecified atom stereocenters. The maximum Gasteiger partial charge on any atom is 0.288 e. The number of aryl methyl sites for hydroxylation is 1. The Bertz CT molecular complexity index is 1160. The van der Waals surface area contributed by atoms with E-state index in [9.17, 15) is 23.3 Å². The molecule has 1 aliphatic rings. The standard InChI is InChI=1S/C21H23ClN4O6S/c1-15(17-5-8-19(22)20(14-17)26(28)29)23-24-21(27)9-4-16-2-6-18(7-3-16)33(30,31)25-10-12-32-13-11-25/h2-3,5-8,14H,4,9-13H2,1H3,(H,24,27)/b23-15+. The zero-order valence-corrected chi connectivity index (χ0v) is 19.4. The van der Waals surface area contributed by atoms with Crippen molar-refractivity contribution in [1.82, 2.24) is 9.73 Å². The molecular formula is C21H23ClN4O6S. The van der Waals surface area contributed by atoms with Crippen LogP contribution in [0.25, 0.3) is 0 Å². The Kier molecular flexibility index (Phi) is 8.14. The van der Waals surface area contributed by atoms with E-state index in [2.05, 4.69) is 10.5 Å².